The standard InChI is InChI=1S/C31H35N3O6Si/c1-19-28(41(3,4)38)27(14-15-35)40-31(19)24-17-22(39-2)12-13-26(24)33(30(31)37)18-20-8-7-9-21(16-20)34-29(36)23-10-5-6-11-25(23)32-34/h5-13,16-17,19,27-28,32,35,38H,14-15,18H2,1-4H3/t19-,27+,28-,31+/m0/s1. The van der Waals surface area contributed by atoms with E-state index in [1.54, 1.807) is 18.1 Å². The summed E-state index contributed by atoms with van der Waals surface area (Å²) in [6.07, 6.45) is -0.122. The van der Waals surface area contributed by atoms with Gasteiger partial charge in [-0.3, -0.25) is 14.7 Å². The van der Waals surface area contributed by atoms with Crippen LogP contribution in [0.2, 0.25) is 18.6 Å². The number of hydrogen-bond acceptors (Lipinski definition) is 6. The molecule has 1 fully saturated rings. The maximum Gasteiger partial charge on any atom is 0.279 e. The summed E-state index contributed by atoms with van der Waals surface area (Å²) in [4.78, 5) is 40.6. The molecule has 1 saturated heterocycles. The molecular weight excluding hydrogens is 538 g/mol. The fourth-order valence-corrected chi connectivity index (χ4v) is 9.56. The molecule has 3 aromatic carbocycles. The first-order valence-electron chi connectivity index (χ1n) is 13.9. The van der Waals surface area contributed by atoms with E-state index >= 15 is 0 Å². The smallest absolute Gasteiger partial charge is 0.279 e. The fourth-order valence-electron chi connectivity index (χ4n) is 6.95. The van der Waals surface area contributed by atoms with Crippen molar-refractivity contribution in [1.29, 1.82) is 0 Å². The van der Waals surface area contributed by atoms with E-state index in [9.17, 15) is 19.5 Å². The maximum absolute atomic E-state index is 14.5. The number of aromatic nitrogens is 2. The zero-order valence-electron chi connectivity index (χ0n) is 23.6. The van der Waals surface area contributed by atoms with Gasteiger partial charge in [-0.25, -0.2) is 4.68 Å². The van der Waals surface area contributed by atoms with Crippen LogP contribution >= 0.6 is 0 Å². The van der Waals surface area contributed by atoms with Crippen LogP contribution in [0.4, 0.5) is 5.69 Å². The van der Waals surface area contributed by atoms with E-state index < -0.39 is 20.0 Å². The number of nitrogens with one attached hydrogen (secondary N) is 1. The van der Waals surface area contributed by atoms with Crippen LogP contribution in [0.5, 0.6) is 5.75 Å². The Bertz CT molecular complexity index is 1690. The van der Waals surface area contributed by atoms with Gasteiger partial charge in [-0.05, 0) is 67.5 Å². The highest BCUT2D eigenvalue weighted by Gasteiger charge is 2.66. The Labute approximate surface area is 239 Å². The molecule has 0 radical (unpaired) electrons. The summed E-state index contributed by atoms with van der Waals surface area (Å²) in [5.74, 6) is 0.0758. The number of benzene rings is 3. The van der Waals surface area contributed by atoms with Crippen molar-refractivity contribution in [3.8, 4) is 11.4 Å². The van der Waals surface area contributed by atoms with Gasteiger partial charge in [0, 0.05) is 23.6 Å². The van der Waals surface area contributed by atoms with E-state index in [1.807, 2.05) is 80.7 Å². The molecule has 41 heavy (non-hydrogen) atoms. The van der Waals surface area contributed by atoms with E-state index in [4.69, 9.17) is 9.47 Å². The van der Waals surface area contributed by atoms with E-state index in [1.165, 1.54) is 4.68 Å². The zero-order chi connectivity index (χ0) is 29.1. The molecule has 10 heteroatoms. The number of aliphatic hydroxyl groups is 1. The number of H-pyrrole nitrogens is 1. The van der Waals surface area contributed by atoms with Crippen LogP contribution in [-0.2, 0) is 21.7 Å². The minimum atomic E-state index is -2.79. The summed E-state index contributed by atoms with van der Waals surface area (Å²) < 4.78 is 13.7. The van der Waals surface area contributed by atoms with Gasteiger partial charge in [0.15, 0.2) is 13.9 Å². The quantitative estimate of drug-likeness (QED) is 0.287. The molecule has 3 N–H and O–H groups in total. The van der Waals surface area contributed by atoms with Crippen molar-refractivity contribution >= 4 is 30.8 Å². The molecule has 4 aromatic rings. The van der Waals surface area contributed by atoms with Gasteiger partial charge in [-0.1, -0.05) is 31.2 Å². The maximum atomic E-state index is 14.5. The first kappa shape index (κ1) is 27.5. The fraction of sp³-hybridized carbons (Fsp3) is 0.355. The normalized spacial score (nSPS) is 24.0. The summed E-state index contributed by atoms with van der Waals surface area (Å²) in [7, 11) is -1.20. The van der Waals surface area contributed by atoms with Crippen LogP contribution in [0.3, 0.4) is 0 Å². The Morgan fingerprint density at radius 3 is 2.56 bits per heavy atom. The molecule has 1 amide bonds. The molecular formula is C31H35N3O6Si. The molecule has 2 aliphatic heterocycles. The van der Waals surface area contributed by atoms with Crippen molar-refractivity contribution < 1.29 is 24.2 Å². The Kier molecular flexibility index (Phi) is 6.69. The van der Waals surface area contributed by atoms with Crippen LogP contribution in [0, 0.1) is 5.92 Å². The van der Waals surface area contributed by atoms with Crippen LogP contribution < -0.4 is 15.2 Å². The summed E-state index contributed by atoms with van der Waals surface area (Å²) in [5, 5.41) is 13.6. The van der Waals surface area contributed by atoms with Gasteiger partial charge in [0.25, 0.3) is 11.5 Å². The van der Waals surface area contributed by atoms with E-state index in [2.05, 4.69) is 5.10 Å². The number of ether oxygens (including phenoxy) is 2. The number of carbonyl (C=O) groups is 1. The lowest BCUT2D eigenvalue weighted by Gasteiger charge is -2.32. The molecule has 2 aliphatic rings. The Hall–Kier alpha value is -3.70. The number of para-hydroxylation sites is 1. The van der Waals surface area contributed by atoms with Crippen LogP contribution in [0.15, 0.2) is 71.5 Å². The molecule has 1 aromatic heterocycles. The molecule has 0 aliphatic carbocycles. The highest BCUT2D eigenvalue weighted by atomic mass is 28.4. The number of nitrogens with zero attached hydrogens (tertiary/aromatic N) is 2. The zero-order valence-corrected chi connectivity index (χ0v) is 24.6. The molecule has 9 nitrogen and oxygen atoms in total. The van der Waals surface area contributed by atoms with E-state index in [0.29, 0.717) is 28.8 Å². The van der Waals surface area contributed by atoms with Gasteiger partial charge < -0.3 is 24.3 Å². The third kappa shape index (κ3) is 4.24. The van der Waals surface area contributed by atoms with Crippen molar-refractivity contribution in [2.24, 2.45) is 5.92 Å². The molecule has 4 atom stereocenters. The number of aliphatic hydroxyl groups excluding tert-OH is 1. The average Bonchev–Trinajstić information content (AvgIpc) is 3.53. The number of methoxy groups -OCH3 is 1. The van der Waals surface area contributed by atoms with Crippen molar-refractivity contribution in [2.75, 3.05) is 18.6 Å². The van der Waals surface area contributed by atoms with E-state index in [-0.39, 0.29) is 36.1 Å². The second kappa shape index (κ2) is 9.99. The highest BCUT2D eigenvalue weighted by Crippen LogP contribution is 2.60. The molecule has 6 rings (SSSR count). The number of fused-ring (bicyclic) bond motifs is 3. The summed E-state index contributed by atoms with van der Waals surface area (Å²) in [5.41, 5.74) is 1.97. The monoisotopic (exact) mass is 573 g/mol. The average molecular weight is 574 g/mol. The molecule has 0 bridgehead atoms. The van der Waals surface area contributed by atoms with Gasteiger partial charge in [0.05, 0.1) is 42.0 Å². The van der Waals surface area contributed by atoms with Crippen molar-refractivity contribution in [1.82, 2.24) is 9.78 Å². The lowest BCUT2D eigenvalue weighted by atomic mass is 9.82. The number of hydrogen-bond donors (Lipinski definition) is 3. The van der Waals surface area contributed by atoms with Gasteiger partial charge in [-0.15, -0.1) is 0 Å². The molecule has 214 valence electrons. The topological polar surface area (TPSA) is 117 Å². The van der Waals surface area contributed by atoms with Crippen molar-refractivity contribution in [3.05, 3.63) is 88.2 Å². The van der Waals surface area contributed by atoms with Crippen LogP contribution in [-0.4, -0.2) is 53.7 Å². The first-order chi connectivity index (χ1) is 19.6. The second-order valence-electron chi connectivity index (χ2n) is 11.6. The van der Waals surface area contributed by atoms with E-state index in [0.717, 1.165) is 16.8 Å². The third-order valence-corrected chi connectivity index (χ3v) is 11.2. The van der Waals surface area contributed by atoms with Crippen LogP contribution in [0.1, 0.15) is 24.5 Å². The Morgan fingerprint density at radius 2 is 1.85 bits per heavy atom. The van der Waals surface area contributed by atoms with Crippen molar-refractivity contribution in [2.45, 2.75) is 50.2 Å². The molecule has 0 unspecified atom stereocenters. The third-order valence-electron chi connectivity index (χ3n) is 8.71. The molecule has 3 heterocycles. The van der Waals surface area contributed by atoms with Gasteiger partial charge in [0.1, 0.15) is 5.75 Å². The number of rotatable bonds is 7. The number of amides is 1. The molecule has 1 spiro atoms. The second-order valence-corrected chi connectivity index (χ2v) is 15.6. The first-order valence-corrected chi connectivity index (χ1v) is 16.9. The summed E-state index contributed by atoms with van der Waals surface area (Å²) in [6.45, 7) is 5.86. The highest BCUT2D eigenvalue weighted by molar-refractivity contribution is 6.71. The van der Waals surface area contributed by atoms with Gasteiger partial charge in [0.2, 0.25) is 0 Å². The van der Waals surface area contributed by atoms with Gasteiger partial charge >= 0.3 is 0 Å². The SMILES string of the molecule is COc1ccc2c(c1)[C@@]1(O[C@H](CCO)[C@@H]([Si](C)(C)O)[C@@H]1C)C(=O)N2Cc1cccc(-n2[nH]c3ccccc3c2=O)c1. The predicted octanol–water partition coefficient (Wildman–Crippen LogP) is 4.05. The minimum absolute atomic E-state index is 0.1000. The van der Waals surface area contributed by atoms with Crippen molar-refractivity contribution in [3.63, 3.8) is 0 Å². The largest absolute Gasteiger partial charge is 0.497 e. The lowest BCUT2D eigenvalue weighted by molar-refractivity contribution is -0.146. The summed E-state index contributed by atoms with van der Waals surface area (Å²) in [6, 6.07) is 20.5. The number of carbonyl (C=O) groups excluding carboxylic acids is 1. The van der Waals surface area contributed by atoms with Gasteiger partial charge in [-0.2, -0.15) is 0 Å². The Morgan fingerprint density at radius 1 is 1.07 bits per heavy atom. The molecule has 0 saturated carbocycles. The Balaban J connectivity index is 1.42. The lowest BCUT2D eigenvalue weighted by Crippen LogP contribution is -2.46. The number of aromatic amines is 1. The minimum Gasteiger partial charge on any atom is -0.497 e. The van der Waals surface area contributed by atoms with Crippen LogP contribution in [0.25, 0.3) is 16.6 Å². The predicted molar refractivity (Wildman–Crippen MR) is 159 cm³/mol. The summed E-state index contributed by atoms with van der Waals surface area (Å²) >= 11 is 0. The number of anilines is 1.